The van der Waals surface area contributed by atoms with Crippen LogP contribution >= 0.6 is 0 Å². The molecular formula is C52H60N4O12. The van der Waals surface area contributed by atoms with Gasteiger partial charge in [0.05, 0.1) is 52.9 Å². The topological polar surface area (TPSA) is 155 Å². The van der Waals surface area contributed by atoms with Crippen LogP contribution in [0.1, 0.15) is 44.5 Å². The van der Waals surface area contributed by atoms with Gasteiger partial charge in [0.15, 0.2) is 26.4 Å². The molecule has 8 bridgehead atoms. The van der Waals surface area contributed by atoms with E-state index in [2.05, 4.69) is 0 Å². The summed E-state index contributed by atoms with van der Waals surface area (Å²) in [5.41, 5.74) is 6.55. The van der Waals surface area contributed by atoms with E-state index >= 15 is 0 Å². The van der Waals surface area contributed by atoms with Crippen molar-refractivity contribution in [3.8, 4) is 23.0 Å². The molecule has 5 aliphatic rings. The van der Waals surface area contributed by atoms with Crippen molar-refractivity contribution < 1.29 is 57.1 Å². The van der Waals surface area contributed by atoms with E-state index in [1.807, 2.05) is 72.8 Å². The number of nitrogens with zero attached hydrogens (tertiary/aromatic N) is 4. The van der Waals surface area contributed by atoms with Gasteiger partial charge < -0.3 is 57.5 Å². The molecule has 9 rings (SSSR count). The molecule has 16 nitrogen and oxygen atoms in total. The minimum absolute atomic E-state index is 0.137. The standard InChI is InChI=1S/C52H60N4O12/c57-45(53-13-21-61-22-14-53)33-65-49-37-5-1-6-38(49)30-40-8-3-10-42(51(40)67-35-47(59)55-17-25-63-26-18-55)32-44-12-4-11-43(52(44)68-36-48(60)56-19-27-64-28-20-56)31-41-9-2-7-39(29-37)50(41)66-34-46(58)54-15-23-62-24-16-54/h1-12H,13-36H2. The Kier molecular flexibility index (Phi) is 15.7. The number of para-hydroxylation sites is 4. The monoisotopic (exact) mass is 932 g/mol. The first kappa shape index (κ1) is 46.9. The van der Waals surface area contributed by atoms with Gasteiger partial charge in [-0.15, -0.1) is 0 Å². The smallest absolute Gasteiger partial charge is 0.260 e. The van der Waals surface area contributed by atoms with Crippen LogP contribution in [-0.2, 0) is 63.8 Å². The Hall–Kier alpha value is -6.20. The lowest BCUT2D eigenvalue weighted by atomic mass is 9.91. The number of morpholine rings is 4. The molecule has 0 saturated carbocycles. The zero-order valence-electron chi connectivity index (χ0n) is 38.6. The number of amides is 4. The second kappa shape index (κ2) is 22.7. The van der Waals surface area contributed by atoms with Crippen LogP contribution in [0.2, 0.25) is 0 Å². The summed E-state index contributed by atoms with van der Waals surface area (Å²) in [6, 6.07) is 23.9. The molecule has 4 aromatic rings. The van der Waals surface area contributed by atoms with Crippen molar-refractivity contribution in [2.45, 2.75) is 25.7 Å². The highest BCUT2D eigenvalue weighted by atomic mass is 16.5. The fourth-order valence-electron chi connectivity index (χ4n) is 9.38. The number of carbonyl (C=O) groups is 4. The highest BCUT2D eigenvalue weighted by Crippen LogP contribution is 2.39. The van der Waals surface area contributed by atoms with Gasteiger partial charge in [-0.05, 0) is 44.5 Å². The Labute approximate surface area is 396 Å². The summed E-state index contributed by atoms with van der Waals surface area (Å²) in [7, 11) is 0. The van der Waals surface area contributed by atoms with E-state index in [4.69, 9.17) is 37.9 Å². The molecule has 4 aliphatic heterocycles. The molecule has 0 N–H and O–H groups in total. The first-order valence-electron chi connectivity index (χ1n) is 23.7. The first-order chi connectivity index (χ1) is 33.4. The lowest BCUT2D eigenvalue weighted by Gasteiger charge is -2.28. The van der Waals surface area contributed by atoms with Gasteiger partial charge in [-0.25, -0.2) is 0 Å². The molecule has 0 spiro atoms. The summed E-state index contributed by atoms with van der Waals surface area (Å²) in [5.74, 6) is 1.71. The molecule has 4 amide bonds. The Morgan fingerprint density at radius 3 is 0.676 bits per heavy atom. The quantitative estimate of drug-likeness (QED) is 0.180. The minimum atomic E-state index is -0.176. The number of ether oxygens (including phenoxy) is 8. The Bertz CT molecular complexity index is 2010. The van der Waals surface area contributed by atoms with Gasteiger partial charge in [0.25, 0.3) is 23.6 Å². The average molecular weight is 933 g/mol. The average Bonchev–Trinajstić information content (AvgIpc) is 3.38. The highest BCUT2D eigenvalue weighted by Gasteiger charge is 2.27. The summed E-state index contributed by atoms with van der Waals surface area (Å²) in [6.07, 6.45) is 1.38. The van der Waals surface area contributed by atoms with Gasteiger partial charge in [0.2, 0.25) is 0 Å². The molecule has 0 radical (unpaired) electrons. The Morgan fingerprint density at radius 2 is 0.500 bits per heavy atom. The maximum Gasteiger partial charge on any atom is 0.260 e. The Balaban J connectivity index is 1.13. The SMILES string of the molecule is O=C(COc1c2cccc1Cc1cccc(c1OCC(=O)N1CCOCC1)Cc1cccc(c1OCC(=O)N1CCOCC1)Cc1cccc(c1OCC(=O)N1CCOCC1)C2)N1CCOCC1. The van der Waals surface area contributed by atoms with E-state index < -0.39 is 0 Å². The zero-order valence-corrected chi connectivity index (χ0v) is 38.6. The second-order valence-corrected chi connectivity index (χ2v) is 17.5. The minimum Gasteiger partial charge on any atom is -0.483 e. The summed E-state index contributed by atoms with van der Waals surface area (Å²) < 4.78 is 48.6. The van der Waals surface area contributed by atoms with E-state index in [9.17, 15) is 19.2 Å². The third-order valence-corrected chi connectivity index (χ3v) is 13.1. The van der Waals surface area contributed by atoms with Gasteiger partial charge in [-0.3, -0.25) is 19.2 Å². The van der Waals surface area contributed by atoms with Crippen molar-refractivity contribution in [1.82, 2.24) is 19.6 Å². The van der Waals surface area contributed by atoms with Gasteiger partial charge in [-0.2, -0.15) is 0 Å². The Morgan fingerprint density at radius 1 is 0.324 bits per heavy atom. The van der Waals surface area contributed by atoms with Crippen LogP contribution in [0.25, 0.3) is 0 Å². The predicted octanol–water partition coefficient (Wildman–Crippen LogP) is 3.31. The van der Waals surface area contributed by atoms with Crippen LogP contribution in [0.3, 0.4) is 0 Å². The number of rotatable bonds is 12. The molecule has 0 atom stereocenters. The fourth-order valence-corrected chi connectivity index (χ4v) is 9.38. The molecule has 0 unspecified atom stereocenters. The molecule has 4 aromatic carbocycles. The number of benzene rings is 4. The highest BCUT2D eigenvalue weighted by molar-refractivity contribution is 5.80. The van der Waals surface area contributed by atoms with Crippen LogP contribution in [0.15, 0.2) is 72.8 Å². The van der Waals surface area contributed by atoms with Crippen molar-refractivity contribution in [1.29, 1.82) is 0 Å². The molecule has 68 heavy (non-hydrogen) atoms. The van der Waals surface area contributed by atoms with Gasteiger partial charge in [0.1, 0.15) is 23.0 Å². The van der Waals surface area contributed by atoms with Crippen LogP contribution in [0.5, 0.6) is 23.0 Å². The van der Waals surface area contributed by atoms with Crippen molar-refractivity contribution in [3.63, 3.8) is 0 Å². The largest absolute Gasteiger partial charge is 0.483 e. The number of hydrogen-bond donors (Lipinski definition) is 0. The molecule has 4 heterocycles. The summed E-state index contributed by atoms with van der Waals surface area (Å²) in [6.45, 7) is 6.97. The van der Waals surface area contributed by atoms with Gasteiger partial charge in [-0.1, -0.05) is 72.8 Å². The zero-order chi connectivity index (χ0) is 46.7. The fraction of sp³-hybridized carbons (Fsp3) is 0.462. The van der Waals surface area contributed by atoms with Gasteiger partial charge >= 0.3 is 0 Å². The van der Waals surface area contributed by atoms with Gasteiger partial charge in [0, 0.05) is 78.0 Å². The molecule has 0 aromatic heterocycles. The maximum absolute atomic E-state index is 13.6. The van der Waals surface area contributed by atoms with Crippen molar-refractivity contribution in [2.75, 3.05) is 132 Å². The number of hydrogen-bond acceptors (Lipinski definition) is 12. The number of carbonyl (C=O) groups excluding carboxylic acids is 4. The summed E-state index contributed by atoms with van der Waals surface area (Å²) >= 11 is 0. The van der Waals surface area contributed by atoms with Crippen molar-refractivity contribution in [3.05, 3.63) is 117 Å². The molecule has 16 heteroatoms. The third kappa shape index (κ3) is 11.5. The summed E-state index contributed by atoms with van der Waals surface area (Å²) in [5, 5.41) is 0. The van der Waals surface area contributed by atoms with Crippen molar-refractivity contribution >= 4 is 23.6 Å². The van der Waals surface area contributed by atoms with Crippen LogP contribution in [-0.4, -0.2) is 175 Å². The molecule has 360 valence electrons. The molecule has 1 aliphatic carbocycles. The maximum atomic E-state index is 13.6. The van der Waals surface area contributed by atoms with E-state index in [1.54, 1.807) is 19.6 Å². The van der Waals surface area contributed by atoms with Crippen LogP contribution < -0.4 is 18.9 Å². The van der Waals surface area contributed by atoms with Crippen molar-refractivity contribution in [2.24, 2.45) is 0 Å². The normalized spacial score (nSPS) is 17.5. The lowest BCUT2D eigenvalue weighted by molar-refractivity contribution is -0.138. The lowest BCUT2D eigenvalue weighted by Crippen LogP contribution is -2.43. The van der Waals surface area contributed by atoms with E-state index in [0.29, 0.717) is 154 Å². The van der Waals surface area contributed by atoms with Crippen LogP contribution in [0, 0.1) is 0 Å². The second-order valence-electron chi connectivity index (χ2n) is 17.5. The van der Waals surface area contributed by atoms with E-state index in [1.165, 1.54) is 0 Å². The van der Waals surface area contributed by atoms with Crippen LogP contribution in [0.4, 0.5) is 0 Å². The molecule has 4 saturated heterocycles. The predicted molar refractivity (Wildman–Crippen MR) is 249 cm³/mol. The molecule has 4 fully saturated rings. The molecular weight excluding hydrogens is 873 g/mol. The first-order valence-corrected chi connectivity index (χ1v) is 23.7. The summed E-state index contributed by atoms with van der Waals surface area (Å²) in [4.78, 5) is 61.6. The van der Waals surface area contributed by atoms with E-state index in [-0.39, 0.29) is 50.1 Å². The third-order valence-electron chi connectivity index (χ3n) is 13.1. The number of fused-ring (bicyclic) bond motifs is 8. The van der Waals surface area contributed by atoms with E-state index in [0.717, 1.165) is 44.5 Å².